The lowest BCUT2D eigenvalue weighted by atomic mass is 10.2. The Morgan fingerprint density at radius 3 is 2.44 bits per heavy atom. The first-order chi connectivity index (χ1) is 7.67. The highest BCUT2D eigenvalue weighted by Crippen LogP contribution is 2.12. The molecule has 1 atom stereocenters. The number of Topliss-reactive ketones (excluding diaryl/α,β-unsaturated/α-hetero) is 1. The van der Waals surface area contributed by atoms with Crippen LogP contribution in [0.4, 0.5) is 0 Å². The molecule has 88 valence electrons. The van der Waals surface area contributed by atoms with Gasteiger partial charge in [0.15, 0.2) is 5.78 Å². The molecule has 0 heterocycles. The monoisotopic (exact) mass is 222 g/mol. The fourth-order valence-electron chi connectivity index (χ4n) is 1.32. The number of methoxy groups -OCH3 is 1. The molecule has 0 aromatic heterocycles. The van der Waals surface area contributed by atoms with Crippen LogP contribution >= 0.6 is 0 Å². The van der Waals surface area contributed by atoms with Crippen molar-refractivity contribution in [3.63, 3.8) is 0 Å². The Morgan fingerprint density at radius 2 is 1.94 bits per heavy atom. The van der Waals surface area contributed by atoms with Crippen molar-refractivity contribution in [1.29, 1.82) is 0 Å². The van der Waals surface area contributed by atoms with Crippen LogP contribution in [0, 0.1) is 0 Å². The van der Waals surface area contributed by atoms with Crippen molar-refractivity contribution < 1.29 is 14.3 Å². The Balaban J connectivity index is 2.45. The lowest BCUT2D eigenvalue weighted by Gasteiger charge is -2.11. The molecular formula is C13H18O3. The van der Waals surface area contributed by atoms with E-state index in [1.54, 1.807) is 14.0 Å². The van der Waals surface area contributed by atoms with Gasteiger partial charge < -0.3 is 9.47 Å². The maximum Gasteiger partial charge on any atom is 0.161 e. The van der Waals surface area contributed by atoms with Gasteiger partial charge in [-0.3, -0.25) is 4.79 Å². The van der Waals surface area contributed by atoms with Crippen molar-refractivity contribution in [2.24, 2.45) is 0 Å². The zero-order chi connectivity index (χ0) is 12.0. The molecule has 0 radical (unpaired) electrons. The molecule has 1 aromatic rings. The molecular weight excluding hydrogens is 204 g/mol. The van der Waals surface area contributed by atoms with E-state index in [1.807, 2.05) is 31.2 Å². The van der Waals surface area contributed by atoms with Crippen LogP contribution < -0.4 is 4.74 Å². The standard InChI is InChI=1S/C13H18O3/c1-4-13(14)10(2)16-9-11-5-7-12(15-3)8-6-11/h5-8,10H,4,9H2,1-3H3/t10-/m1/s1. The van der Waals surface area contributed by atoms with Crippen LogP contribution in [0.3, 0.4) is 0 Å². The Hall–Kier alpha value is -1.35. The van der Waals surface area contributed by atoms with E-state index in [1.165, 1.54) is 0 Å². The highest BCUT2D eigenvalue weighted by Gasteiger charge is 2.10. The first-order valence-corrected chi connectivity index (χ1v) is 5.44. The van der Waals surface area contributed by atoms with Gasteiger partial charge in [0.1, 0.15) is 11.9 Å². The quantitative estimate of drug-likeness (QED) is 0.742. The van der Waals surface area contributed by atoms with Crippen molar-refractivity contribution in [2.45, 2.75) is 33.0 Å². The topological polar surface area (TPSA) is 35.5 Å². The molecule has 3 heteroatoms. The predicted octanol–water partition coefficient (Wildman–Crippen LogP) is 2.58. The molecule has 3 nitrogen and oxygen atoms in total. The van der Waals surface area contributed by atoms with Gasteiger partial charge >= 0.3 is 0 Å². The first-order valence-electron chi connectivity index (χ1n) is 5.44. The molecule has 0 aliphatic heterocycles. The normalized spacial score (nSPS) is 12.2. The summed E-state index contributed by atoms with van der Waals surface area (Å²) in [5.41, 5.74) is 1.04. The highest BCUT2D eigenvalue weighted by molar-refractivity contribution is 5.82. The van der Waals surface area contributed by atoms with Gasteiger partial charge in [-0.2, -0.15) is 0 Å². The molecule has 0 unspecified atom stereocenters. The van der Waals surface area contributed by atoms with Crippen molar-refractivity contribution in [2.75, 3.05) is 7.11 Å². The second-order valence-electron chi connectivity index (χ2n) is 3.62. The van der Waals surface area contributed by atoms with E-state index < -0.39 is 0 Å². The summed E-state index contributed by atoms with van der Waals surface area (Å²) < 4.78 is 10.5. The molecule has 0 fully saturated rings. The average molecular weight is 222 g/mol. The molecule has 0 aliphatic carbocycles. The Labute approximate surface area is 96.4 Å². The largest absolute Gasteiger partial charge is 0.497 e. The summed E-state index contributed by atoms with van der Waals surface area (Å²) in [6.45, 7) is 4.09. The van der Waals surface area contributed by atoms with Crippen LogP contribution in [-0.2, 0) is 16.1 Å². The van der Waals surface area contributed by atoms with Gasteiger partial charge in [0.2, 0.25) is 0 Å². The summed E-state index contributed by atoms with van der Waals surface area (Å²) >= 11 is 0. The number of carbonyl (C=O) groups excluding carboxylic acids is 1. The number of rotatable bonds is 6. The lowest BCUT2D eigenvalue weighted by molar-refractivity contribution is -0.129. The Bertz CT molecular complexity index is 330. The van der Waals surface area contributed by atoms with Crippen LogP contribution in [0.15, 0.2) is 24.3 Å². The molecule has 16 heavy (non-hydrogen) atoms. The summed E-state index contributed by atoms with van der Waals surface area (Å²) in [5.74, 6) is 0.954. The molecule has 1 aromatic carbocycles. The first kappa shape index (κ1) is 12.7. The summed E-state index contributed by atoms with van der Waals surface area (Å²) in [5, 5.41) is 0. The third-order valence-electron chi connectivity index (χ3n) is 2.46. The van der Waals surface area contributed by atoms with Gasteiger partial charge in [0.05, 0.1) is 13.7 Å². The molecule has 0 saturated heterocycles. The second-order valence-corrected chi connectivity index (χ2v) is 3.62. The average Bonchev–Trinajstić information content (AvgIpc) is 2.35. The third kappa shape index (κ3) is 3.66. The third-order valence-corrected chi connectivity index (χ3v) is 2.46. The van der Waals surface area contributed by atoms with Gasteiger partial charge in [-0.1, -0.05) is 19.1 Å². The zero-order valence-corrected chi connectivity index (χ0v) is 10.0. The smallest absolute Gasteiger partial charge is 0.161 e. The molecule has 0 bridgehead atoms. The molecule has 0 aliphatic rings. The van der Waals surface area contributed by atoms with E-state index in [0.29, 0.717) is 13.0 Å². The zero-order valence-electron chi connectivity index (χ0n) is 10.0. The Kier molecular flexibility index (Phi) is 4.99. The van der Waals surface area contributed by atoms with Gasteiger partial charge in [-0.25, -0.2) is 0 Å². The van der Waals surface area contributed by atoms with E-state index in [2.05, 4.69) is 0 Å². The van der Waals surface area contributed by atoms with Crippen LogP contribution in [0.2, 0.25) is 0 Å². The van der Waals surface area contributed by atoms with Crippen molar-refractivity contribution in [3.8, 4) is 5.75 Å². The van der Waals surface area contributed by atoms with Crippen LogP contribution in [0.25, 0.3) is 0 Å². The van der Waals surface area contributed by atoms with Gasteiger partial charge in [-0.15, -0.1) is 0 Å². The Morgan fingerprint density at radius 1 is 1.31 bits per heavy atom. The number of carbonyl (C=O) groups is 1. The van der Waals surface area contributed by atoms with E-state index in [0.717, 1.165) is 11.3 Å². The maximum absolute atomic E-state index is 11.3. The van der Waals surface area contributed by atoms with Crippen LogP contribution in [-0.4, -0.2) is 19.0 Å². The minimum atomic E-state index is -0.327. The molecule has 0 N–H and O–H groups in total. The number of ether oxygens (including phenoxy) is 2. The van der Waals surface area contributed by atoms with Crippen molar-refractivity contribution >= 4 is 5.78 Å². The number of hydrogen-bond donors (Lipinski definition) is 0. The molecule has 0 saturated carbocycles. The van der Waals surface area contributed by atoms with Crippen molar-refractivity contribution in [3.05, 3.63) is 29.8 Å². The van der Waals surface area contributed by atoms with Crippen molar-refractivity contribution in [1.82, 2.24) is 0 Å². The van der Waals surface area contributed by atoms with Crippen LogP contribution in [0.5, 0.6) is 5.75 Å². The van der Waals surface area contributed by atoms with E-state index in [4.69, 9.17) is 9.47 Å². The van der Waals surface area contributed by atoms with Gasteiger partial charge in [-0.05, 0) is 24.6 Å². The number of benzene rings is 1. The number of hydrogen-bond acceptors (Lipinski definition) is 3. The predicted molar refractivity (Wildman–Crippen MR) is 62.5 cm³/mol. The summed E-state index contributed by atoms with van der Waals surface area (Å²) in [7, 11) is 1.63. The minimum absolute atomic E-state index is 0.133. The second kappa shape index (κ2) is 6.28. The van der Waals surface area contributed by atoms with E-state index >= 15 is 0 Å². The minimum Gasteiger partial charge on any atom is -0.497 e. The lowest BCUT2D eigenvalue weighted by Crippen LogP contribution is -2.19. The fourth-order valence-corrected chi connectivity index (χ4v) is 1.32. The molecule has 0 spiro atoms. The number of ketones is 1. The summed E-state index contributed by atoms with van der Waals surface area (Å²) in [6.07, 6.45) is 0.191. The summed E-state index contributed by atoms with van der Waals surface area (Å²) in [4.78, 5) is 11.3. The van der Waals surface area contributed by atoms with E-state index in [-0.39, 0.29) is 11.9 Å². The highest BCUT2D eigenvalue weighted by atomic mass is 16.5. The molecule has 0 amide bonds. The van der Waals surface area contributed by atoms with E-state index in [9.17, 15) is 4.79 Å². The van der Waals surface area contributed by atoms with Crippen LogP contribution in [0.1, 0.15) is 25.8 Å². The summed E-state index contributed by atoms with van der Waals surface area (Å²) in [6, 6.07) is 7.62. The SMILES string of the molecule is CCC(=O)[C@@H](C)OCc1ccc(OC)cc1. The molecule has 1 rings (SSSR count). The fraction of sp³-hybridized carbons (Fsp3) is 0.462. The van der Waals surface area contributed by atoms with Gasteiger partial charge in [0, 0.05) is 6.42 Å². The maximum atomic E-state index is 11.3. The van der Waals surface area contributed by atoms with Gasteiger partial charge in [0.25, 0.3) is 0 Å².